The van der Waals surface area contributed by atoms with Crippen molar-refractivity contribution in [1.29, 1.82) is 0 Å². The van der Waals surface area contributed by atoms with Gasteiger partial charge in [0.1, 0.15) is 11.9 Å². The molecule has 6 heteroatoms. The Morgan fingerprint density at radius 3 is 2.90 bits per heavy atom. The average Bonchev–Trinajstić information content (AvgIpc) is 2.39. The molecule has 1 unspecified atom stereocenters. The summed E-state index contributed by atoms with van der Waals surface area (Å²) in [6.45, 7) is 3.60. The number of carbonyl (C=O) groups is 1. The third-order valence-electron chi connectivity index (χ3n) is 3.25. The van der Waals surface area contributed by atoms with E-state index in [0.29, 0.717) is 6.42 Å². The first-order chi connectivity index (χ1) is 9.90. The average molecular weight is 300 g/mol. The van der Waals surface area contributed by atoms with Crippen LogP contribution in [0.4, 0.5) is 0 Å². The molecule has 1 rings (SSSR count). The van der Waals surface area contributed by atoms with Crippen LogP contribution in [0.5, 0.6) is 0 Å². The number of carboxylic acid groups (broad SMARTS) is 1. The molecule has 0 bridgehead atoms. The van der Waals surface area contributed by atoms with Gasteiger partial charge in [0.2, 0.25) is 6.29 Å². The normalized spacial score (nSPS) is 27.6. The van der Waals surface area contributed by atoms with E-state index < -0.39 is 24.5 Å². The Balaban J connectivity index is 2.23. The molecule has 0 aliphatic carbocycles. The van der Waals surface area contributed by atoms with Gasteiger partial charge < -0.3 is 24.8 Å². The Kier molecular flexibility index (Phi) is 7.42. The molecule has 0 saturated heterocycles. The minimum Gasteiger partial charge on any atom is -0.507 e. The van der Waals surface area contributed by atoms with Crippen molar-refractivity contribution in [3.8, 4) is 0 Å². The van der Waals surface area contributed by atoms with Crippen LogP contribution in [0.3, 0.4) is 0 Å². The van der Waals surface area contributed by atoms with Crippen molar-refractivity contribution in [2.24, 2.45) is 0 Å². The summed E-state index contributed by atoms with van der Waals surface area (Å²) in [4.78, 5) is 10.3. The number of ether oxygens (including phenoxy) is 2. The fourth-order valence-electron chi connectivity index (χ4n) is 1.99. The third kappa shape index (κ3) is 6.75. The molecule has 0 saturated carbocycles. The van der Waals surface area contributed by atoms with Crippen LogP contribution in [-0.4, -0.2) is 45.9 Å². The zero-order valence-electron chi connectivity index (χ0n) is 12.4. The van der Waals surface area contributed by atoms with Crippen molar-refractivity contribution in [1.82, 2.24) is 0 Å². The molecule has 0 aromatic carbocycles. The molecule has 0 fully saturated rings. The summed E-state index contributed by atoms with van der Waals surface area (Å²) in [5.41, 5.74) is 0. The van der Waals surface area contributed by atoms with Crippen molar-refractivity contribution in [2.75, 3.05) is 0 Å². The second kappa shape index (κ2) is 8.81. The minimum absolute atomic E-state index is 0.100. The fraction of sp³-hybridized carbons (Fsp3) is 0.667. The largest absolute Gasteiger partial charge is 0.507 e. The Morgan fingerprint density at radius 2 is 2.24 bits per heavy atom. The van der Waals surface area contributed by atoms with Gasteiger partial charge in [-0.2, -0.15) is 0 Å². The smallest absolute Gasteiger partial charge is 0.327 e. The molecule has 3 N–H and O–H groups in total. The maximum absolute atomic E-state index is 10.3. The maximum Gasteiger partial charge on any atom is 0.327 e. The number of rotatable bonds is 8. The quantitative estimate of drug-likeness (QED) is 0.469. The van der Waals surface area contributed by atoms with Crippen LogP contribution < -0.4 is 0 Å². The lowest BCUT2D eigenvalue weighted by Gasteiger charge is -2.30. The van der Waals surface area contributed by atoms with Crippen molar-refractivity contribution < 1.29 is 29.6 Å². The Labute approximate surface area is 124 Å². The van der Waals surface area contributed by atoms with Gasteiger partial charge in [-0.05, 0) is 39.2 Å². The van der Waals surface area contributed by atoms with Gasteiger partial charge in [0.05, 0.1) is 12.2 Å². The van der Waals surface area contributed by atoms with E-state index in [1.54, 1.807) is 13.0 Å². The molecule has 0 aromatic heterocycles. The highest BCUT2D eigenvalue weighted by Gasteiger charge is 2.29. The second-order valence-corrected chi connectivity index (χ2v) is 5.23. The number of hydrogen-bond donors (Lipinski definition) is 3. The standard InChI is InChI=1S/C15H24O6/c1-10(7-5-3-4-6-8-14(18)19)20-15-13(17)9-12(16)11(2)21-15/h6,8-12,15-17H,3-5,7H2,1-2H3,(H,18,19)/b8-6+/t10-,11?,12-,15-/m1/s1. The number of aliphatic hydroxyl groups is 2. The summed E-state index contributed by atoms with van der Waals surface area (Å²) in [6.07, 6.45) is 5.21. The number of carboxylic acids is 1. The third-order valence-corrected chi connectivity index (χ3v) is 3.25. The van der Waals surface area contributed by atoms with Crippen molar-refractivity contribution >= 4 is 5.97 Å². The van der Waals surface area contributed by atoms with Crippen LogP contribution in [0.1, 0.15) is 39.5 Å². The number of aliphatic hydroxyl groups excluding tert-OH is 2. The topological polar surface area (TPSA) is 96.2 Å². The molecule has 21 heavy (non-hydrogen) atoms. The Hall–Kier alpha value is -1.37. The number of aliphatic carboxylic acids is 1. The Morgan fingerprint density at radius 1 is 1.52 bits per heavy atom. The lowest BCUT2D eigenvalue weighted by molar-refractivity contribution is -0.205. The molecule has 0 radical (unpaired) electrons. The van der Waals surface area contributed by atoms with E-state index >= 15 is 0 Å². The molecule has 6 nitrogen and oxygen atoms in total. The van der Waals surface area contributed by atoms with Gasteiger partial charge in [-0.25, -0.2) is 4.79 Å². The van der Waals surface area contributed by atoms with Gasteiger partial charge in [-0.1, -0.05) is 12.5 Å². The van der Waals surface area contributed by atoms with Gasteiger partial charge in [-0.3, -0.25) is 0 Å². The number of hydrogen-bond acceptors (Lipinski definition) is 5. The molecule has 0 amide bonds. The van der Waals surface area contributed by atoms with Crippen LogP contribution >= 0.6 is 0 Å². The molecule has 1 aliphatic heterocycles. The van der Waals surface area contributed by atoms with Crippen LogP contribution in [0.15, 0.2) is 24.0 Å². The highest BCUT2D eigenvalue weighted by Crippen LogP contribution is 2.21. The zero-order valence-corrected chi connectivity index (χ0v) is 12.4. The van der Waals surface area contributed by atoms with Gasteiger partial charge in [0.15, 0.2) is 0 Å². The number of unbranched alkanes of at least 4 members (excludes halogenated alkanes) is 2. The van der Waals surface area contributed by atoms with Crippen LogP contribution in [0, 0.1) is 0 Å². The molecular formula is C15H24O6. The summed E-state index contributed by atoms with van der Waals surface area (Å²) in [6, 6.07) is 0. The molecule has 4 atom stereocenters. The van der Waals surface area contributed by atoms with Crippen molar-refractivity contribution in [3.63, 3.8) is 0 Å². The van der Waals surface area contributed by atoms with E-state index in [2.05, 4.69) is 0 Å². The van der Waals surface area contributed by atoms with Gasteiger partial charge >= 0.3 is 5.97 Å². The lowest BCUT2D eigenvalue weighted by atomic mass is 10.1. The summed E-state index contributed by atoms with van der Waals surface area (Å²) in [5.74, 6) is -1.03. The van der Waals surface area contributed by atoms with Gasteiger partial charge in [-0.15, -0.1) is 0 Å². The monoisotopic (exact) mass is 300 g/mol. The predicted molar refractivity (Wildman–Crippen MR) is 76.8 cm³/mol. The molecule has 0 aromatic rings. The summed E-state index contributed by atoms with van der Waals surface area (Å²) in [5, 5.41) is 27.6. The van der Waals surface area contributed by atoms with Crippen LogP contribution in [0.2, 0.25) is 0 Å². The van der Waals surface area contributed by atoms with Crippen molar-refractivity contribution in [2.45, 2.75) is 64.1 Å². The van der Waals surface area contributed by atoms with E-state index in [1.165, 1.54) is 6.08 Å². The fourth-order valence-corrected chi connectivity index (χ4v) is 1.99. The summed E-state index contributed by atoms with van der Waals surface area (Å²) in [7, 11) is 0. The van der Waals surface area contributed by atoms with Crippen LogP contribution in [0.25, 0.3) is 0 Å². The molecule has 0 spiro atoms. The van der Waals surface area contributed by atoms with E-state index in [-0.39, 0.29) is 11.9 Å². The lowest BCUT2D eigenvalue weighted by Crippen LogP contribution is -2.38. The highest BCUT2D eigenvalue weighted by molar-refractivity contribution is 5.79. The van der Waals surface area contributed by atoms with Gasteiger partial charge in [0, 0.05) is 6.08 Å². The first kappa shape index (κ1) is 17.7. The molecule has 1 aliphatic rings. The van der Waals surface area contributed by atoms with E-state index in [9.17, 15) is 15.0 Å². The molecular weight excluding hydrogens is 276 g/mol. The predicted octanol–water partition coefficient (Wildman–Crippen LogP) is 2.14. The Bertz CT molecular complexity index is 390. The maximum atomic E-state index is 10.3. The molecule has 120 valence electrons. The first-order valence-electron chi connectivity index (χ1n) is 7.19. The summed E-state index contributed by atoms with van der Waals surface area (Å²) < 4.78 is 11.0. The first-order valence-corrected chi connectivity index (χ1v) is 7.19. The zero-order chi connectivity index (χ0) is 15.8. The van der Waals surface area contributed by atoms with E-state index in [0.717, 1.165) is 25.3 Å². The SMILES string of the molecule is CC1O[C@@H](O[C@H](C)CCCC/C=C/C(=O)O)C(O)=C[C@H]1O. The summed E-state index contributed by atoms with van der Waals surface area (Å²) >= 11 is 0. The second-order valence-electron chi connectivity index (χ2n) is 5.23. The van der Waals surface area contributed by atoms with Gasteiger partial charge in [0.25, 0.3) is 0 Å². The minimum atomic E-state index is -0.931. The van der Waals surface area contributed by atoms with E-state index in [1.807, 2.05) is 6.92 Å². The molecule has 1 heterocycles. The van der Waals surface area contributed by atoms with E-state index in [4.69, 9.17) is 14.6 Å². The number of allylic oxidation sites excluding steroid dienone is 1. The highest BCUT2D eigenvalue weighted by atomic mass is 16.7. The van der Waals surface area contributed by atoms with Crippen LogP contribution in [-0.2, 0) is 14.3 Å². The van der Waals surface area contributed by atoms with Crippen molar-refractivity contribution in [3.05, 3.63) is 24.0 Å².